The lowest BCUT2D eigenvalue weighted by molar-refractivity contribution is -0.131. The highest BCUT2D eigenvalue weighted by atomic mass is 35.5. The molecule has 1 saturated heterocycles. The maximum atomic E-state index is 12.6. The Labute approximate surface area is 188 Å². The van der Waals surface area contributed by atoms with E-state index in [0.717, 1.165) is 44.0 Å². The van der Waals surface area contributed by atoms with Gasteiger partial charge in [-0.25, -0.2) is 0 Å². The number of unbranched alkanes of at least 4 members (excludes halogenated alkanes) is 1. The summed E-state index contributed by atoms with van der Waals surface area (Å²) in [7, 11) is 1.78. The van der Waals surface area contributed by atoms with Crippen LogP contribution in [0.5, 0.6) is 0 Å². The third-order valence-corrected chi connectivity index (χ3v) is 5.63. The van der Waals surface area contributed by atoms with E-state index in [1.165, 1.54) is 0 Å². The minimum absolute atomic E-state index is 0.0362. The molecule has 31 heavy (non-hydrogen) atoms. The highest BCUT2D eigenvalue weighted by Gasteiger charge is 2.23. The number of halogens is 1. The average Bonchev–Trinajstić information content (AvgIpc) is 2.77. The number of rotatable bonds is 7. The number of amides is 1. The molecule has 2 heterocycles. The van der Waals surface area contributed by atoms with E-state index < -0.39 is 0 Å². The summed E-state index contributed by atoms with van der Waals surface area (Å²) in [6.07, 6.45) is 4.05. The Morgan fingerprint density at radius 3 is 2.55 bits per heavy atom. The molecule has 0 unspecified atom stereocenters. The second-order valence-electron chi connectivity index (χ2n) is 7.59. The van der Waals surface area contributed by atoms with E-state index in [4.69, 9.17) is 11.6 Å². The van der Waals surface area contributed by atoms with Crippen LogP contribution in [-0.4, -0.2) is 66.0 Å². The third kappa shape index (κ3) is 6.85. The molecule has 1 amide bonds. The molecule has 1 aliphatic heterocycles. The van der Waals surface area contributed by atoms with Crippen molar-refractivity contribution in [2.45, 2.75) is 25.8 Å². The predicted molar refractivity (Wildman–Crippen MR) is 125 cm³/mol. The zero-order valence-electron chi connectivity index (χ0n) is 18.0. The van der Waals surface area contributed by atoms with Crippen LogP contribution in [0.15, 0.2) is 58.4 Å². The molecule has 1 aliphatic rings. The molecule has 1 aromatic carbocycles. The lowest BCUT2D eigenvalue weighted by Crippen LogP contribution is -2.54. The number of piperazine rings is 1. The molecular formula is C23H30ClN5O2. The molecule has 1 N–H and O–H groups in total. The summed E-state index contributed by atoms with van der Waals surface area (Å²) in [6.45, 7) is 4.37. The number of hydrogen-bond acceptors (Lipinski definition) is 3. The van der Waals surface area contributed by atoms with Crippen molar-refractivity contribution in [1.29, 1.82) is 0 Å². The van der Waals surface area contributed by atoms with Crippen LogP contribution < -0.4 is 10.9 Å². The van der Waals surface area contributed by atoms with Gasteiger partial charge in [0.1, 0.15) is 0 Å². The van der Waals surface area contributed by atoms with Crippen molar-refractivity contribution >= 4 is 23.5 Å². The number of carbonyl (C=O) groups excluding carboxylic acids is 1. The van der Waals surface area contributed by atoms with Crippen molar-refractivity contribution in [3.63, 3.8) is 0 Å². The first-order chi connectivity index (χ1) is 15.1. The maximum Gasteiger partial charge on any atom is 0.250 e. The number of benzene rings is 1. The Morgan fingerprint density at radius 2 is 1.84 bits per heavy atom. The number of aromatic nitrogens is 1. The van der Waals surface area contributed by atoms with Gasteiger partial charge >= 0.3 is 0 Å². The number of carbonyl (C=O) groups is 1. The zero-order chi connectivity index (χ0) is 22.1. The second kappa shape index (κ2) is 11.6. The molecular weight excluding hydrogens is 414 g/mol. The first-order valence-electron chi connectivity index (χ1n) is 10.7. The summed E-state index contributed by atoms with van der Waals surface area (Å²) in [5.74, 6) is 0.986. The van der Waals surface area contributed by atoms with Crippen LogP contribution in [0, 0.1) is 0 Å². The van der Waals surface area contributed by atoms with Crippen LogP contribution in [0.1, 0.15) is 18.4 Å². The Morgan fingerprint density at radius 1 is 1.06 bits per heavy atom. The van der Waals surface area contributed by atoms with E-state index in [0.29, 0.717) is 31.1 Å². The van der Waals surface area contributed by atoms with Crippen molar-refractivity contribution in [3.8, 4) is 0 Å². The summed E-state index contributed by atoms with van der Waals surface area (Å²) < 4.78 is 1.73. The normalized spacial score (nSPS) is 14.6. The molecule has 0 saturated carbocycles. The molecule has 7 nitrogen and oxygen atoms in total. The van der Waals surface area contributed by atoms with E-state index in [2.05, 4.69) is 15.2 Å². The van der Waals surface area contributed by atoms with E-state index >= 15 is 0 Å². The number of aryl methyl sites for hydroxylation is 1. The quantitative estimate of drug-likeness (QED) is 0.405. The number of nitrogens with one attached hydrogen (secondary N) is 1. The summed E-state index contributed by atoms with van der Waals surface area (Å²) in [5, 5.41) is 4.05. The minimum atomic E-state index is 0.0362. The van der Waals surface area contributed by atoms with Crippen molar-refractivity contribution < 1.29 is 4.79 Å². The summed E-state index contributed by atoms with van der Waals surface area (Å²) in [6, 6.07) is 12.7. The molecule has 2 aromatic rings. The first-order valence-corrected chi connectivity index (χ1v) is 11.1. The van der Waals surface area contributed by atoms with Gasteiger partial charge in [0.2, 0.25) is 11.5 Å². The average molecular weight is 444 g/mol. The molecule has 166 valence electrons. The molecule has 0 radical (unpaired) electrons. The fourth-order valence-corrected chi connectivity index (χ4v) is 3.90. The lowest BCUT2D eigenvalue weighted by atomic mass is 10.1. The van der Waals surface area contributed by atoms with Gasteiger partial charge in [0, 0.05) is 63.6 Å². The van der Waals surface area contributed by atoms with Gasteiger partial charge in [-0.15, -0.1) is 0 Å². The molecule has 0 bridgehead atoms. The van der Waals surface area contributed by atoms with E-state index in [-0.39, 0.29) is 11.5 Å². The standard InChI is InChI=1S/C23H30ClN5O2/c1-25-23(26-10-3-5-12-27-11-4-2-9-21(27)30)29-15-13-28(14-16-29)22(31)18-19-7-6-8-20(24)17-19/h2,4,6-9,11,17H,3,5,10,12-16,18H2,1H3,(H,25,26). The largest absolute Gasteiger partial charge is 0.356 e. The summed E-state index contributed by atoms with van der Waals surface area (Å²) in [5.41, 5.74) is 0.976. The van der Waals surface area contributed by atoms with Crippen molar-refractivity contribution in [2.75, 3.05) is 39.8 Å². The third-order valence-electron chi connectivity index (χ3n) is 5.40. The van der Waals surface area contributed by atoms with Gasteiger partial charge in [-0.1, -0.05) is 29.8 Å². The van der Waals surface area contributed by atoms with Crippen molar-refractivity contribution in [3.05, 3.63) is 69.6 Å². The lowest BCUT2D eigenvalue weighted by Gasteiger charge is -2.36. The van der Waals surface area contributed by atoms with Crippen molar-refractivity contribution in [2.24, 2.45) is 4.99 Å². The predicted octanol–water partition coefficient (Wildman–Crippen LogP) is 2.24. The molecule has 1 fully saturated rings. The van der Waals surface area contributed by atoms with Crippen LogP contribution in [0.4, 0.5) is 0 Å². The number of guanidine groups is 1. The van der Waals surface area contributed by atoms with Gasteiger partial charge in [-0.2, -0.15) is 0 Å². The SMILES string of the molecule is CN=C(NCCCCn1ccccc1=O)N1CCN(C(=O)Cc2cccc(Cl)c2)CC1. The van der Waals surface area contributed by atoms with Crippen LogP contribution >= 0.6 is 11.6 Å². The molecule has 3 rings (SSSR count). The minimum Gasteiger partial charge on any atom is -0.356 e. The molecule has 1 aromatic heterocycles. The zero-order valence-corrected chi connectivity index (χ0v) is 18.7. The van der Waals surface area contributed by atoms with Crippen LogP contribution in [-0.2, 0) is 17.8 Å². The van der Waals surface area contributed by atoms with Gasteiger partial charge in [0.05, 0.1) is 6.42 Å². The first kappa shape index (κ1) is 22.9. The number of nitrogens with zero attached hydrogens (tertiary/aromatic N) is 4. The number of aliphatic imine (C=N–C) groups is 1. The Balaban J connectivity index is 1.38. The Hall–Kier alpha value is -2.80. The monoisotopic (exact) mass is 443 g/mol. The highest BCUT2D eigenvalue weighted by Crippen LogP contribution is 2.13. The van der Waals surface area contributed by atoms with Crippen LogP contribution in [0.25, 0.3) is 0 Å². The van der Waals surface area contributed by atoms with Crippen LogP contribution in [0.2, 0.25) is 5.02 Å². The van der Waals surface area contributed by atoms with Crippen molar-refractivity contribution in [1.82, 2.24) is 19.7 Å². The van der Waals surface area contributed by atoms with Gasteiger partial charge in [-0.05, 0) is 36.6 Å². The van der Waals surface area contributed by atoms with Gasteiger partial charge in [0.15, 0.2) is 5.96 Å². The van der Waals surface area contributed by atoms with Crippen LogP contribution in [0.3, 0.4) is 0 Å². The fourth-order valence-electron chi connectivity index (χ4n) is 3.69. The maximum absolute atomic E-state index is 12.6. The van der Waals surface area contributed by atoms with Gasteiger partial charge in [-0.3, -0.25) is 14.6 Å². The Kier molecular flexibility index (Phi) is 8.53. The van der Waals surface area contributed by atoms with E-state index in [9.17, 15) is 9.59 Å². The molecule has 8 heteroatoms. The van der Waals surface area contributed by atoms with Gasteiger partial charge in [0.25, 0.3) is 0 Å². The topological polar surface area (TPSA) is 69.9 Å². The molecule has 0 atom stereocenters. The number of hydrogen-bond donors (Lipinski definition) is 1. The number of pyridine rings is 1. The summed E-state index contributed by atoms with van der Waals surface area (Å²) >= 11 is 6.02. The van der Waals surface area contributed by atoms with E-state index in [1.54, 1.807) is 23.7 Å². The smallest absolute Gasteiger partial charge is 0.250 e. The van der Waals surface area contributed by atoms with E-state index in [1.807, 2.05) is 41.4 Å². The summed E-state index contributed by atoms with van der Waals surface area (Å²) in [4.78, 5) is 32.8. The van der Waals surface area contributed by atoms with Gasteiger partial charge < -0.3 is 19.7 Å². The second-order valence-corrected chi connectivity index (χ2v) is 8.02. The fraction of sp³-hybridized carbons (Fsp3) is 0.435. The highest BCUT2D eigenvalue weighted by molar-refractivity contribution is 6.30. The Bertz CT molecular complexity index is 951. The molecule has 0 spiro atoms. The molecule has 0 aliphatic carbocycles.